The van der Waals surface area contributed by atoms with E-state index in [1.54, 1.807) is 0 Å². The second kappa shape index (κ2) is 6.46. The molecule has 15 heavy (non-hydrogen) atoms. The maximum Gasteiger partial charge on any atom is 0.0136 e. The smallest absolute Gasteiger partial charge is 0.0136 e. The first kappa shape index (κ1) is 12.9. The first-order chi connectivity index (χ1) is 7.19. The summed E-state index contributed by atoms with van der Waals surface area (Å²) in [6, 6.07) is 0.773. The minimum absolute atomic E-state index is 0.763. The van der Waals surface area contributed by atoms with Gasteiger partial charge in [-0.2, -0.15) is 0 Å². The SMILES string of the molecule is CCCN(CCN(C)C)C1CCC1CN. The van der Waals surface area contributed by atoms with Crippen molar-refractivity contribution >= 4 is 0 Å². The van der Waals surface area contributed by atoms with Crippen LogP contribution in [0.4, 0.5) is 0 Å². The maximum atomic E-state index is 5.78. The van der Waals surface area contributed by atoms with Crippen LogP contribution in [-0.4, -0.2) is 56.1 Å². The third kappa shape index (κ3) is 3.74. The molecule has 1 aliphatic carbocycles. The molecule has 0 radical (unpaired) electrons. The van der Waals surface area contributed by atoms with Crippen LogP contribution in [0.25, 0.3) is 0 Å². The van der Waals surface area contributed by atoms with Gasteiger partial charge in [-0.15, -0.1) is 0 Å². The zero-order valence-corrected chi connectivity index (χ0v) is 10.6. The lowest BCUT2D eigenvalue weighted by Gasteiger charge is -2.44. The fraction of sp³-hybridized carbons (Fsp3) is 1.00. The van der Waals surface area contributed by atoms with E-state index in [4.69, 9.17) is 5.73 Å². The van der Waals surface area contributed by atoms with E-state index in [1.807, 2.05) is 0 Å². The Balaban J connectivity index is 2.35. The van der Waals surface area contributed by atoms with Crippen molar-refractivity contribution < 1.29 is 0 Å². The summed E-state index contributed by atoms with van der Waals surface area (Å²) in [6.07, 6.45) is 3.94. The van der Waals surface area contributed by atoms with Gasteiger partial charge < -0.3 is 10.6 Å². The summed E-state index contributed by atoms with van der Waals surface area (Å²) >= 11 is 0. The van der Waals surface area contributed by atoms with Crippen LogP contribution in [0.5, 0.6) is 0 Å². The Morgan fingerprint density at radius 2 is 1.87 bits per heavy atom. The van der Waals surface area contributed by atoms with Gasteiger partial charge in [-0.25, -0.2) is 0 Å². The summed E-state index contributed by atoms with van der Waals surface area (Å²) in [5.41, 5.74) is 5.78. The molecule has 90 valence electrons. The number of hydrogen-bond donors (Lipinski definition) is 1. The maximum absolute atomic E-state index is 5.78. The number of likely N-dealkylation sites (N-methyl/N-ethyl adjacent to an activating group) is 1. The lowest BCUT2D eigenvalue weighted by molar-refractivity contribution is 0.0612. The fourth-order valence-electron chi connectivity index (χ4n) is 2.37. The first-order valence-corrected chi connectivity index (χ1v) is 6.27. The molecule has 0 amide bonds. The molecule has 1 rings (SSSR count). The largest absolute Gasteiger partial charge is 0.330 e. The molecule has 0 aromatic rings. The molecule has 0 aromatic carbocycles. The third-order valence-electron chi connectivity index (χ3n) is 3.49. The Kier molecular flexibility index (Phi) is 5.58. The molecule has 0 aromatic heterocycles. The highest BCUT2D eigenvalue weighted by Gasteiger charge is 2.33. The summed E-state index contributed by atoms with van der Waals surface area (Å²) in [5.74, 6) is 0.763. The van der Waals surface area contributed by atoms with Crippen LogP contribution in [-0.2, 0) is 0 Å². The Labute approximate surface area is 94.6 Å². The molecule has 0 heterocycles. The van der Waals surface area contributed by atoms with Crippen LogP contribution in [0, 0.1) is 5.92 Å². The van der Waals surface area contributed by atoms with Gasteiger partial charge >= 0.3 is 0 Å². The molecule has 1 saturated carbocycles. The Bertz CT molecular complexity index is 168. The summed E-state index contributed by atoms with van der Waals surface area (Å²) in [6.45, 7) is 6.72. The highest BCUT2D eigenvalue weighted by atomic mass is 15.2. The average Bonchev–Trinajstić information content (AvgIpc) is 2.13. The zero-order valence-electron chi connectivity index (χ0n) is 10.6. The van der Waals surface area contributed by atoms with Crippen molar-refractivity contribution in [2.45, 2.75) is 32.2 Å². The van der Waals surface area contributed by atoms with E-state index in [1.165, 1.54) is 32.4 Å². The third-order valence-corrected chi connectivity index (χ3v) is 3.49. The van der Waals surface area contributed by atoms with Crippen molar-refractivity contribution in [2.75, 3.05) is 40.3 Å². The number of nitrogens with zero attached hydrogens (tertiary/aromatic N) is 2. The molecule has 0 aliphatic heterocycles. The monoisotopic (exact) mass is 213 g/mol. The van der Waals surface area contributed by atoms with Crippen LogP contribution in [0.15, 0.2) is 0 Å². The van der Waals surface area contributed by atoms with E-state index in [0.717, 1.165) is 25.0 Å². The van der Waals surface area contributed by atoms with Crippen LogP contribution in [0.1, 0.15) is 26.2 Å². The van der Waals surface area contributed by atoms with Crippen LogP contribution in [0.2, 0.25) is 0 Å². The van der Waals surface area contributed by atoms with Gasteiger partial charge in [0, 0.05) is 19.1 Å². The van der Waals surface area contributed by atoms with Gasteiger partial charge in [-0.3, -0.25) is 4.90 Å². The fourth-order valence-corrected chi connectivity index (χ4v) is 2.37. The van der Waals surface area contributed by atoms with E-state index in [0.29, 0.717) is 0 Å². The summed E-state index contributed by atoms with van der Waals surface area (Å²) < 4.78 is 0. The van der Waals surface area contributed by atoms with E-state index < -0.39 is 0 Å². The van der Waals surface area contributed by atoms with Gasteiger partial charge in [-0.05, 0) is 52.4 Å². The lowest BCUT2D eigenvalue weighted by atomic mass is 9.78. The minimum atomic E-state index is 0.763. The van der Waals surface area contributed by atoms with Gasteiger partial charge in [0.2, 0.25) is 0 Å². The quantitative estimate of drug-likeness (QED) is 0.685. The average molecular weight is 213 g/mol. The molecule has 3 nitrogen and oxygen atoms in total. The summed E-state index contributed by atoms with van der Waals surface area (Å²) in [4.78, 5) is 4.90. The molecule has 0 bridgehead atoms. The van der Waals surface area contributed by atoms with Gasteiger partial charge in [0.05, 0.1) is 0 Å². The minimum Gasteiger partial charge on any atom is -0.330 e. The van der Waals surface area contributed by atoms with Crippen LogP contribution in [0.3, 0.4) is 0 Å². The molecule has 1 fully saturated rings. The van der Waals surface area contributed by atoms with Crippen molar-refractivity contribution in [3.05, 3.63) is 0 Å². The topological polar surface area (TPSA) is 32.5 Å². The molecular weight excluding hydrogens is 186 g/mol. The summed E-state index contributed by atoms with van der Waals surface area (Å²) in [7, 11) is 4.29. The molecule has 0 saturated heterocycles. The predicted molar refractivity (Wildman–Crippen MR) is 66.0 cm³/mol. The lowest BCUT2D eigenvalue weighted by Crippen LogP contribution is -2.51. The van der Waals surface area contributed by atoms with E-state index >= 15 is 0 Å². The van der Waals surface area contributed by atoms with E-state index in [9.17, 15) is 0 Å². The first-order valence-electron chi connectivity index (χ1n) is 6.27. The summed E-state index contributed by atoms with van der Waals surface area (Å²) in [5, 5.41) is 0. The molecule has 3 heteroatoms. The second-order valence-corrected chi connectivity index (χ2v) is 4.98. The highest BCUT2D eigenvalue weighted by molar-refractivity contribution is 4.89. The number of nitrogens with two attached hydrogens (primary N) is 1. The van der Waals surface area contributed by atoms with Crippen LogP contribution >= 0.6 is 0 Å². The molecular formula is C12H27N3. The van der Waals surface area contributed by atoms with Crippen LogP contribution < -0.4 is 5.73 Å². The van der Waals surface area contributed by atoms with Crippen molar-refractivity contribution in [3.8, 4) is 0 Å². The Hall–Kier alpha value is -0.120. The van der Waals surface area contributed by atoms with Gasteiger partial charge in [0.15, 0.2) is 0 Å². The van der Waals surface area contributed by atoms with Crippen molar-refractivity contribution in [3.63, 3.8) is 0 Å². The van der Waals surface area contributed by atoms with Gasteiger partial charge in [-0.1, -0.05) is 6.92 Å². The van der Waals surface area contributed by atoms with Crippen molar-refractivity contribution in [2.24, 2.45) is 11.7 Å². The second-order valence-electron chi connectivity index (χ2n) is 4.98. The zero-order chi connectivity index (χ0) is 11.3. The Morgan fingerprint density at radius 3 is 2.27 bits per heavy atom. The highest BCUT2D eigenvalue weighted by Crippen LogP contribution is 2.31. The van der Waals surface area contributed by atoms with E-state index in [2.05, 4.69) is 30.8 Å². The molecule has 2 atom stereocenters. The van der Waals surface area contributed by atoms with Gasteiger partial charge in [0.25, 0.3) is 0 Å². The van der Waals surface area contributed by atoms with E-state index in [-0.39, 0.29) is 0 Å². The number of rotatable bonds is 7. The predicted octanol–water partition coefficient (Wildman–Crippen LogP) is 0.997. The van der Waals surface area contributed by atoms with Crippen molar-refractivity contribution in [1.82, 2.24) is 9.80 Å². The molecule has 0 spiro atoms. The Morgan fingerprint density at radius 1 is 1.13 bits per heavy atom. The molecule has 2 unspecified atom stereocenters. The van der Waals surface area contributed by atoms with Gasteiger partial charge in [0.1, 0.15) is 0 Å². The number of hydrogen-bond acceptors (Lipinski definition) is 3. The van der Waals surface area contributed by atoms with Crippen molar-refractivity contribution in [1.29, 1.82) is 0 Å². The molecule has 2 N–H and O–H groups in total. The molecule has 1 aliphatic rings. The normalized spacial score (nSPS) is 26.0. The standard InChI is InChI=1S/C12H27N3/c1-4-7-15(9-8-14(2)3)12-6-5-11(12)10-13/h11-12H,4-10,13H2,1-3H3.